The Morgan fingerprint density at radius 1 is 1.18 bits per heavy atom. The molecule has 1 heterocycles. The van der Waals surface area contributed by atoms with Crippen molar-refractivity contribution in [3.05, 3.63) is 17.0 Å². The van der Waals surface area contributed by atoms with Crippen LogP contribution < -0.4 is 5.32 Å². The summed E-state index contributed by atoms with van der Waals surface area (Å²) in [6.45, 7) is 5.29. The Morgan fingerprint density at radius 3 is 2.47 bits per heavy atom. The van der Waals surface area contributed by atoms with Crippen LogP contribution in [0.4, 0.5) is 0 Å². The predicted molar refractivity (Wildman–Crippen MR) is 71.3 cm³/mol. The number of nitrogens with one attached hydrogen (secondary N) is 2. The molecule has 0 radical (unpaired) electrons. The minimum Gasteiger partial charge on any atom is -0.314 e. The van der Waals surface area contributed by atoms with Crippen molar-refractivity contribution in [3.8, 4) is 0 Å². The van der Waals surface area contributed by atoms with E-state index in [0.717, 1.165) is 24.7 Å². The van der Waals surface area contributed by atoms with Crippen molar-refractivity contribution in [2.45, 2.75) is 64.8 Å². The smallest absolute Gasteiger partial charge is 0.0626 e. The number of hydrogen-bond acceptors (Lipinski definition) is 2. The second-order valence-electron chi connectivity index (χ2n) is 5.31. The zero-order valence-corrected chi connectivity index (χ0v) is 11.2. The molecule has 96 valence electrons. The van der Waals surface area contributed by atoms with Crippen molar-refractivity contribution in [1.29, 1.82) is 0 Å². The Labute approximate surface area is 104 Å². The molecule has 2 N–H and O–H groups in total. The molecule has 0 aliphatic heterocycles. The maximum atomic E-state index is 4.24. The van der Waals surface area contributed by atoms with Gasteiger partial charge in [0.05, 0.1) is 5.69 Å². The highest BCUT2D eigenvalue weighted by Crippen LogP contribution is 2.17. The van der Waals surface area contributed by atoms with Gasteiger partial charge in [0.2, 0.25) is 0 Å². The number of hydrogen-bond donors (Lipinski definition) is 2. The summed E-state index contributed by atoms with van der Waals surface area (Å²) in [6, 6.07) is 0.755. The third-order valence-electron chi connectivity index (χ3n) is 3.94. The summed E-state index contributed by atoms with van der Waals surface area (Å²) >= 11 is 0. The third kappa shape index (κ3) is 3.56. The first-order valence-electron chi connectivity index (χ1n) is 7.01. The van der Waals surface area contributed by atoms with E-state index in [1.165, 1.54) is 49.8 Å². The second-order valence-corrected chi connectivity index (χ2v) is 5.31. The summed E-state index contributed by atoms with van der Waals surface area (Å²) in [5.41, 5.74) is 3.78. The topological polar surface area (TPSA) is 40.7 Å². The fourth-order valence-corrected chi connectivity index (χ4v) is 2.83. The molecular formula is C14H25N3. The van der Waals surface area contributed by atoms with Gasteiger partial charge in [-0.3, -0.25) is 5.10 Å². The summed E-state index contributed by atoms with van der Waals surface area (Å²) < 4.78 is 0. The molecule has 1 aliphatic carbocycles. The van der Waals surface area contributed by atoms with E-state index in [1.807, 2.05) is 0 Å². The normalized spacial score (nSPS) is 18.2. The predicted octanol–water partition coefficient (Wildman–Crippen LogP) is 2.88. The molecule has 0 bridgehead atoms. The lowest BCUT2D eigenvalue weighted by molar-refractivity contribution is 0.463. The molecule has 17 heavy (non-hydrogen) atoms. The van der Waals surface area contributed by atoms with Gasteiger partial charge in [0.15, 0.2) is 0 Å². The average Bonchev–Trinajstić information content (AvgIpc) is 2.57. The largest absolute Gasteiger partial charge is 0.314 e. The molecule has 1 aliphatic rings. The van der Waals surface area contributed by atoms with Crippen LogP contribution in [0.3, 0.4) is 0 Å². The molecule has 1 aromatic rings. The van der Waals surface area contributed by atoms with E-state index in [1.54, 1.807) is 0 Å². The van der Waals surface area contributed by atoms with E-state index in [2.05, 4.69) is 29.4 Å². The van der Waals surface area contributed by atoms with Crippen molar-refractivity contribution >= 4 is 0 Å². The fraction of sp³-hybridized carbons (Fsp3) is 0.786. The van der Waals surface area contributed by atoms with Crippen LogP contribution in [0.2, 0.25) is 0 Å². The number of nitrogens with zero attached hydrogens (tertiary/aromatic N) is 1. The summed E-state index contributed by atoms with van der Waals surface area (Å²) in [6.07, 6.45) is 9.50. The third-order valence-corrected chi connectivity index (χ3v) is 3.94. The minimum absolute atomic E-state index is 0.755. The van der Waals surface area contributed by atoms with Crippen LogP contribution in [0.5, 0.6) is 0 Å². The van der Waals surface area contributed by atoms with E-state index < -0.39 is 0 Å². The van der Waals surface area contributed by atoms with Gasteiger partial charge in [0, 0.05) is 11.7 Å². The molecular weight excluding hydrogens is 210 g/mol. The highest BCUT2D eigenvalue weighted by atomic mass is 15.1. The molecule has 0 atom stereocenters. The molecule has 1 saturated carbocycles. The highest BCUT2D eigenvalue weighted by Gasteiger charge is 2.12. The standard InChI is InChI=1S/C14H25N3/c1-11-14(12(2)17-16-11)9-10-15-13-7-5-3-4-6-8-13/h13,15H,3-10H2,1-2H3,(H,16,17). The fourth-order valence-electron chi connectivity index (χ4n) is 2.83. The Bertz CT molecular complexity index is 316. The van der Waals surface area contributed by atoms with Crippen molar-refractivity contribution in [2.24, 2.45) is 0 Å². The summed E-state index contributed by atoms with van der Waals surface area (Å²) in [7, 11) is 0. The molecule has 3 heteroatoms. The Hall–Kier alpha value is -0.830. The van der Waals surface area contributed by atoms with E-state index >= 15 is 0 Å². The molecule has 0 saturated heterocycles. The second kappa shape index (κ2) is 6.20. The number of aryl methyl sites for hydroxylation is 2. The number of rotatable bonds is 4. The molecule has 3 nitrogen and oxygen atoms in total. The monoisotopic (exact) mass is 235 g/mol. The zero-order chi connectivity index (χ0) is 12.1. The first-order chi connectivity index (χ1) is 8.27. The van der Waals surface area contributed by atoms with Crippen LogP contribution in [0.15, 0.2) is 0 Å². The van der Waals surface area contributed by atoms with Crippen molar-refractivity contribution in [3.63, 3.8) is 0 Å². The van der Waals surface area contributed by atoms with Crippen LogP contribution >= 0.6 is 0 Å². The molecule has 0 unspecified atom stereocenters. The Morgan fingerprint density at radius 2 is 1.88 bits per heavy atom. The van der Waals surface area contributed by atoms with Gasteiger partial charge in [-0.2, -0.15) is 5.10 Å². The Balaban J connectivity index is 1.75. The minimum atomic E-state index is 0.755. The van der Waals surface area contributed by atoms with Crippen LogP contribution in [-0.4, -0.2) is 22.8 Å². The van der Waals surface area contributed by atoms with Crippen LogP contribution in [0, 0.1) is 13.8 Å². The van der Waals surface area contributed by atoms with Crippen LogP contribution in [-0.2, 0) is 6.42 Å². The first kappa shape index (κ1) is 12.6. The summed E-state index contributed by atoms with van der Waals surface area (Å²) in [5.74, 6) is 0. The summed E-state index contributed by atoms with van der Waals surface area (Å²) in [4.78, 5) is 0. The van der Waals surface area contributed by atoms with Crippen molar-refractivity contribution < 1.29 is 0 Å². The van der Waals surface area contributed by atoms with Gasteiger partial charge in [0.25, 0.3) is 0 Å². The molecule has 1 aromatic heterocycles. The molecule has 0 spiro atoms. The zero-order valence-electron chi connectivity index (χ0n) is 11.2. The Kier molecular flexibility index (Phi) is 4.60. The van der Waals surface area contributed by atoms with Crippen LogP contribution in [0.25, 0.3) is 0 Å². The number of H-pyrrole nitrogens is 1. The van der Waals surface area contributed by atoms with Gasteiger partial charge in [-0.1, -0.05) is 25.7 Å². The van der Waals surface area contributed by atoms with Gasteiger partial charge < -0.3 is 5.32 Å². The maximum Gasteiger partial charge on any atom is 0.0626 e. The number of aromatic amines is 1. The lowest BCUT2D eigenvalue weighted by Gasteiger charge is -2.16. The molecule has 0 amide bonds. The van der Waals surface area contributed by atoms with Gasteiger partial charge >= 0.3 is 0 Å². The number of aromatic nitrogens is 2. The first-order valence-corrected chi connectivity index (χ1v) is 7.01. The van der Waals surface area contributed by atoms with Gasteiger partial charge in [0.1, 0.15) is 0 Å². The van der Waals surface area contributed by atoms with E-state index in [9.17, 15) is 0 Å². The molecule has 1 fully saturated rings. The van der Waals surface area contributed by atoms with E-state index in [-0.39, 0.29) is 0 Å². The quantitative estimate of drug-likeness (QED) is 0.788. The molecule has 2 rings (SSSR count). The maximum absolute atomic E-state index is 4.24. The van der Waals surface area contributed by atoms with E-state index in [0.29, 0.717) is 0 Å². The van der Waals surface area contributed by atoms with E-state index in [4.69, 9.17) is 0 Å². The van der Waals surface area contributed by atoms with Gasteiger partial charge in [-0.25, -0.2) is 0 Å². The van der Waals surface area contributed by atoms with Crippen molar-refractivity contribution in [2.75, 3.05) is 6.54 Å². The van der Waals surface area contributed by atoms with Gasteiger partial charge in [-0.15, -0.1) is 0 Å². The average molecular weight is 235 g/mol. The van der Waals surface area contributed by atoms with Crippen LogP contribution in [0.1, 0.15) is 55.5 Å². The van der Waals surface area contributed by atoms with Crippen molar-refractivity contribution in [1.82, 2.24) is 15.5 Å². The summed E-state index contributed by atoms with van der Waals surface area (Å²) in [5, 5.41) is 11.0. The molecule has 0 aromatic carbocycles. The highest BCUT2D eigenvalue weighted by molar-refractivity contribution is 5.23. The SMILES string of the molecule is Cc1n[nH]c(C)c1CCNC1CCCCCC1. The van der Waals surface area contributed by atoms with Gasteiger partial charge in [-0.05, 0) is 45.2 Å². The lowest BCUT2D eigenvalue weighted by atomic mass is 10.1. The lowest BCUT2D eigenvalue weighted by Crippen LogP contribution is -2.30.